The third kappa shape index (κ3) is 2.17. The van der Waals surface area contributed by atoms with Crippen molar-refractivity contribution in [2.24, 2.45) is 21.6 Å². The van der Waals surface area contributed by atoms with E-state index in [1.54, 1.807) is 41.7 Å². The van der Waals surface area contributed by atoms with E-state index in [0.717, 1.165) is 24.3 Å². The molecule has 136 valence electrons. The molecule has 2 aliphatic rings. The zero-order chi connectivity index (χ0) is 19.0. The molecule has 0 spiro atoms. The third-order valence-electron chi connectivity index (χ3n) is 5.15. The molecule has 0 amide bonds. The second-order valence-corrected chi connectivity index (χ2v) is 9.40. The van der Waals surface area contributed by atoms with E-state index in [1.165, 1.54) is 6.07 Å². The highest BCUT2D eigenvalue weighted by Crippen LogP contribution is 2.85. The molecule has 3 unspecified atom stereocenters. The maximum atomic E-state index is 14.6. The summed E-state index contributed by atoms with van der Waals surface area (Å²) in [4.78, 5) is 4.67. The van der Waals surface area contributed by atoms with Gasteiger partial charge in [-0.3, -0.25) is 0 Å². The summed E-state index contributed by atoms with van der Waals surface area (Å²) in [5.74, 6) is 0.753. The Morgan fingerprint density at radius 2 is 1.77 bits per heavy atom. The van der Waals surface area contributed by atoms with Crippen LogP contribution in [0, 0.1) is 39.3 Å². The van der Waals surface area contributed by atoms with E-state index in [-0.39, 0.29) is 5.84 Å². The number of thioether (sulfide) groups is 2. The monoisotopic (exact) mass is 388 g/mol. The Bertz CT molecular complexity index is 820. The molecule has 1 aromatic rings. The molecule has 1 saturated carbocycles. The van der Waals surface area contributed by atoms with Crippen molar-refractivity contribution in [3.63, 3.8) is 0 Å². The Hall–Kier alpha value is -1.70. The van der Waals surface area contributed by atoms with Crippen molar-refractivity contribution < 1.29 is 4.39 Å². The van der Waals surface area contributed by atoms with E-state index in [1.807, 2.05) is 0 Å². The van der Waals surface area contributed by atoms with Gasteiger partial charge < -0.3 is 5.73 Å². The molecule has 4 nitrogen and oxygen atoms in total. The fourth-order valence-electron chi connectivity index (χ4n) is 4.01. The number of hydrogen-bond donors (Lipinski definition) is 1. The molecular weight excluding hydrogens is 367 g/mol. The van der Waals surface area contributed by atoms with Crippen LogP contribution in [0.3, 0.4) is 0 Å². The Morgan fingerprint density at radius 1 is 1.15 bits per heavy atom. The van der Waals surface area contributed by atoms with Gasteiger partial charge in [-0.2, -0.15) is 10.5 Å². The number of nitrogens with two attached hydrogens (primary N) is 1. The summed E-state index contributed by atoms with van der Waals surface area (Å²) in [7, 11) is 0. The maximum absolute atomic E-state index is 14.6. The number of nitrogens with zero attached hydrogens (tertiary/aromatic N) is 3. The topological polar surface area (TPSA) is 86.0 Å². The fraction of sp³-hybridized carbons (Fsp3) is 0.526. The summed E-state index contributed by atoms with van der Waals surface area (Å²) >= 11 is 3.13. The van der Waals surface area contributed by atoms with Crippen molar-refractivity contribution >= 4 is 29.4 Å². The van der Waals surface area contributed by atoms with Gasteiger partial charge in [-0.15, -0.1) is 23.5 Å². The fourth-order valence-corrected chi connectivity index (χ4v) is 7.24. The first kappa shape index (κ1) is 19.1. The lowest BCUT2D eigenvalue weighted by Gasteiger charge is -2.32. The van der Waals surface area contributed by atoms with Crippen LogP contribution in [0.25, 0.3) is 0 Å². The van der Waals surface area contributed by atoms with Crippen molar-refractivity contribution in [3.8, 4) is 12.1 Å². The standard InChI is InChI=1S/C19H21FN4S2/c1-3-9-25-19(26-10-4-2)18(12-22)15(13-7-5-6-8-14(13)20)17(18,11-21)16(23)24-19/h5-8,15H,3-4,9-10H2,1-2H3,(H2,23,24). The second kappa shape index (κ2) is 6.79. The SMILES string of the molecule is CCCSC1(SCCC)N=C(N)C2(C#N)C(c3ccccc3F)C12C#N. The van der Waals surface area contributed by atoms with Crippen LogP contribution in [-0.4, -0.2) is 21.5 Å². The van der Waals surface area contributed by atoms with Crippen molar-refractivity contribution in [3.05, 3.63) is 35.6 Å². The maximum Gasteiger partial charge on any atom is 0.175 e. The van der Waals surface area contributed by atoms with Gasteiger partial charge in [0.1, 0.15) is 22.5 Å². The van der Waals surface area contributed by atoms with Crippen molar-refractivity contribution in [2.75, 3.05) is 11.5 Å². The molecule has 1 aliphatic carbocycles. The first-order valence-corrected chi connectivity index (χ1v) is 10.7. The van der Waals surface area contributed by atoms with Crippen molar-refractivity contribution in [1.82, 2.24) is 0 Å². The number of rotatable bonds is 7. The van der Waals surface area contributed by atoms with E-state index >= 15 is 0 Å². The van der Waals surface area contributed by atoms with Gasteiger partial charge in [0.25, 0.3) is 0 Å². The first-order valence-electron chi connectivity index (χ1n) is 8.72. The van der Waals surface area contributed by atoms with Crippen molar-refractivity contribution in [2.45, 2.75) is 36.8 Å². The van der Waals surface area contributed by atoms with Gasteiger partial charge in [-0.25, -0.2) is 9.38 Å². The average Bonchev–Trinajstić information content (AvgIpc) is 3.22. The van der Waals surface area contributed by atoms with Crippen LogP contribution in [0.1, 0.15) is 38.2 Å². The summed E-state index contributed by atoms with van der Waals surface area (Å²) in [5.41, 5.74) is 4.22. The summed E-state index contributed by atoms with van der Waals surface area (Å²) < 4.78 is 13.7. The van der Waals surface area contributed by atoms with E-state index in [4.69, 9.17) is 5.73 Å². The number of aliphatic imine (C=N–C) groups is 1. The molecule has 3 atom stereocenters. The molecule has 0 aromatic heterocycles. The minimum Gasteiger partial charge on any atom is -0.386 e. The molecule has 3 rings (SSSR count). The van der Waals surface area contributed by atoms with Crippen LogP contribution < -0.4 is 5.73 Å². The lowest BCUT2D eigenvalue weighted by atomic mass is 9.97. The highest BCUT2D eigenvalue weighted by atomic mass is 32.2. The van der Waals surface area contributed by atoms with Gasteiger partial charge in [-0.05, 0) is 36.0 Å². The number of nitriles is 2. The summed E-state index contributed by atoms with van der Waals surface area (Å²) in [6, 6.07) is 11.0. The van der Waals surface area contributed by atoms with E-state index in [9.17, 15) is 14.9 Å². The smallest absolute Gasteiger partial charge is 0.175 e. The van der Waals surface area contributed by atoms with Crippen LogP contribution >= 0.6 is 23.5 Å². The molecule has 26 heavy (non-hydrogen) atoms. The summed E-state index contributed by atoms with van der Waals surface area (Å²) in [5, 5.41) is 20.3. The zero-order valence-corrected chi connectivity index (χ0v) is 16.5. The number of amidine groups is 1. The molecule has 1 aromatic carbocycles. The number of halogens is 1. The molecule has 0 radical (unpaired) electrons. The second-order valence-electron chi connectivity index (χ2n) is 6.57. The van der Waals surface area contributed by atoms with E-state index < -0.39 is 26.8 Å². The molecular formula is C19H21FN4S2. The zero-order valence-electron chi connectivity index (χ0n) is 14.8. The van der Waals surface area contributed by atoms with Gasteiger partial charge in [0.2, 0.25) is 0 Å². The lowest BCUT2D eigenvalue weighted by molar-refractivity contribution is 0.551. The highest BCUT2D eigenvalue weighted by molar-refractivity contribution is 8.18. The minimum absolute atomic E-state index is 0.169. The van der Waals surface area contributed by atoms with Gasteiger partial charge in [0.15, 0.2) is 4.20 Å². The largest absolute Gasteiger partial charge is 0.386 e. The van der Waals surface area contributed by atoms with Gasteiger partial charge in [-0.1, -0.05) is 32.0 Å². The van der Waals surface area contributed by atoms with Crippen molar-refractivity contribution in [1.29, 1.82) is 10.5 Å². The molecule has 2 N–H and O–H groups in total. The van der Waals surface area contributed by atoms with E-state index in [0.29, 0.717) is 5.56 Å². The number of benzene rings is 1. The van der Waals surface area contributed by atoms with Crippen LogP contribution in [0.15, 0.2) is 29.3 Å². The molecule has 0 saturated heterocycles. The van der Waals surface area contributed by atoms with Gasteiger partial charge in [0, 0.05) is 5.92 Å². The summed E-state index contributed by atoms with van der Waals surface area (Å²) in [6.45, 7) is 4.12. The van der Waals surface area contributed by atoms with E-state index in [2.05, 4.69) is 31.0 Å². The first-order chi connectivity index (χ1) is 12.5. The van der Waals surface area contributed by atoms with Gasteiger partial charge in [0.05, 0.1) is 12.1 Å². The van der Waals surface area contributed by atoms with Crippen LogP contribution in [0.2, 0.25) is 0 Å². The van der Waals surface area contributed by atoms with Crippen LogP contribution in [0.4, 0.5) is 4.39 Å². The number of hydrogen-bond acceptors (Lipinski definition) is 6. The Balaban J connectivity index is 2.19. The predicted octanol–water partition coefficient (Wildman–Crippen LogP) is 4.25. The predicted molar refractivity (Wildman–Crippen MR) is 105 cm³/mol. The Morgan fingerprint density at radius 3 is 2.27 bits per heavy atom. The molecule has 1 heterocycles. The Labute approximate surface area is 162 Å². The number of fused-ring (bicyclic) bond motifs is 1. The molecule has 1 fully saturated rings. The lowest BCUT2D eigenvalue weighted by Crippen LogP contribution is -2.32. The molecule has 1 aliphatic heterocycles. The Kier molecular flexibility index (Phi) is 4.98. The molecule has 7 heteroatoms. The average molecular weight is 389 g/mol. The quantitative estimate of drug-likeness (QED) is 0.706. The molecule has 0 bridgehead atoms. The highest BCUT2D eigenvalue weighted by Gasteiger charge is 2.92. The van der Waals surface area contributed by atoms with Crippen LogP contribution in [-0.2, 0) is 0 Å². The minimum atomic E-state index is -1.26. The normalized spacial score (nSPS) is 30.8. The third-order valence-corrected chi connectivity index (χ3v) is 8.69. The summed E-state index contributed by atoms with van der Waals surface area (Å²) in [6.07, 6.45) is 1.83. The van der Waals surface area contributed by atoms with Gasteiger partial charge >= 0.3 is 0 Å². The van der Waals surface area contributed by atoms with Crippen LogP contribution in [0.5, 0.6) is 0 Å².